The van der Waals surface area contributed by atoms with Gasteiger partial charge in [0.05, 0.1) is 12.2 Å². The number of rotatable bonds is 3. The van der Waals surface area contributed by atoms with Crippen molar-refractivity contribution in [3.63, 3.8) is 0 Å². The molecule has 0 aromatic carbocycles. The Hall–Kier alpha value is -0.340. The van der Waals surface area contributed by atoms with Gasteiger partial charge in [-0.1, -0.05) is 6.08 Å². The Balaban J connectivity index is 3.23. The monoisotopic (exact) mass is 116 g/mol. The lowest BCUT2D eigenvalue weighted by atomic mass is 10.2. The molecule has 0 aromatic rings. The van der Waals surface area contributed by atoms with Gasteiger partial charge in [-0.15, -0.1) is 6.58 Å². The van der Waals surface area contributed by atoms with Crippen LogP contribution in [0.5, 0.6) is 0 Å². The third kappa shape index (κ3) is 3.84. The summed E-state index contributed by atoms with van der Waals surface area (Å²) in [6.07, 6.45) is 0.786. The average molecular weight is 116 g/mol. The largest absolute Gasteiger partial charge is 0.393 e. The molecular weight excluding hydrogens is 104 g/mol. The summed E-state index contributed by atoms with van der Waals surface area (Å²) in [6, 6.07) is 0. The second-order valence-corrected chi connectivity index (χ2v) is 1.89. The first-order valence-corrected chi connectivity index (χ1v) is 2.65. The molecule has 8 heavy (non-hydrogen) atoms. The SMILES string of the molecule is C=C[C@H](O)C[C@@H](C)O. The first kappa shape index (κ1) is 7.66. The summed E-state index contributed by atoms with van der Waals surface area (Å²) in [5, 5.41) is 17.4. The molecule has 0 saturated heterocycles. The summed E-state index contributed by atoms with van der Waals surface area (Å²) in [7, 11) is 0. The molecule has 2 atom stereocenters. The molecule has 2 N–H and O–H groups in total. The van der Waals surface area contributed by atoms with E-state index in [4.69, 9.17) is 10.2 Å². The molecular formula is C6H12O2. The zero-order chi connectivity index (χ0) is 6.57. The van der Waals surface area contributed by atoms with Gasteiger partial charge in [0, 0.05) is 6.42 Å². The molecule has 0 bridgehead atoms. The molecule has 0 aliphatic carbocycles. The minimum atomic E-state index is -0.560. The molecule has 0 radical (unpaired) electrons. The van der Waals surface area contributed by atoms with Gasteiger partial charge in [0.1, 0.15) is 0 Å². The lowest BCUT2D eigenvalue weighted by Gasteiger charge is -2.05. The van der Waals surface area contributed by atoms with Crippen LogP contribution < -0.4 is 0 Å². The maximum absolute atomic E-state index is 8.75. The Morgan fingerprint density at radius 2 is 2.12 bits per heavy atom. The Kier molecular flexibility index (Phi) is 3.48. The maximum Gasteiger partial charge on any atom is 0.0742 e. The quantitative estimate of drug-likeness (QED) is 0.521. The van der Waals surface area contributed by atoms with E-state index in [0.29, 0.717) is 6.42 Å². The number of hydrogen-bond acceptors (Lipinski definition) is 2. The lowest BCUT2D eigenvalue weighted by Crippen LogP contribution is -2.11. The highest BCUT2D eigenvalue weighted by atomic mass is 16.3. The van der Waals surface area contributed by atoms with E-state index in [1.807, 2.05) is 0 Å². The molecule has 0 aliphatic rings. The molecule has 0 rings (SSSR count). The van der Waals surface area contributed by atoms with E-state index in [0.717, 1.165) is 0 Å². The summed E-state index contributed by atoms with van der Waals surface area (Å²) in [5.74, 6) is 0. The van der Waals surface area contributed by atoms with Crippen LogP contribution in [0.15, 0.2) is 12.7 Å². The third-order valence-electron chi connectivity index (χ3n) is 0.855. The lowest BCUT2D eigenvalue weighted by molar-refractivity contribution is 0.117. The van der Waals surface area contributed by atoms with Crippen molar-refractivity contribution in [1.29, 1.82) is 0 Å². The van der Waals surface area contributed by atoms with Crippen molar-refractivity contribution in [2.75, 3.05) is 0 Å². The molecule has 0 amide bonds. The van der Waals surface area contributed by atoms with Crippen molar-refractivity contribution in [3.8, 4) is 0 Å². The van der Waals surface area contributed by atoms with Crippen molar-refractivity contribution in [2.24, 2.45) is 0 Å². The average Bonchev–Trinajstić information content (AvgIpc) is 1.65. The first-order valence-electron chi connectivity index (χ1n) is 2.65. The topological polar surface area (TPSA) is 40.5 Å². The van der Waals surface area contributed by atoms with Crippen LogP contribution in [0, 0.1) is 0 Å². The second kappa shape index (κ2) is 3.64. The van der Waals surface area contributed by atoms with Gasteiger partial charge in [-0.2, -0.15) is 0 Å². The zero-order valence-electron chi connectivity index (χ0n) is 5.04. The van der Waals surface area contributed by atoms with E-state index in [-0.39, 0.29) is 0 Å². The Morgan fingerprint density at radius 1 is 1.62 bits per heavy atom. The van der Waals surface area contributed by atoms with Crippen LogP contribution in [0.1, 0.15) is 13.3 Å². The van der Waals surface area contributed by atoms with Crippen LogP contribution in [-0.4, -0.2) is 22.4 Å². The van der Waals surface area contributed by atoms with E-state index in [9.17, 15) is 0 Å². The highest BCUT2D eigenvalue weighted by Gasteiger charge is 2.01. The van der Waals surface area contributed by atoms with Crippen LogP contribution in [0.4, 0.5) is 0 Å². The Morgan fingerprint density at radius 3 is 2.25 bits per heavy atom. The summed E-state index contributed by atoms with van der Waals surface area (Å²) in [5.41, 5.74) is 0. The summed E-state index contributed by atoms with van der Waals surface area (Å²) < 4.78 is 0. The predicted octanol–water partition coefficient (Wildman–Crippen LogP) is 0.304. The normalized spacial score (nSPS) is 17.4. The van der Waals surface area contributed by atoms with Gasteiger partial charge in [-0.05, 0) is 6.92 Å². The fourth-order valence-corrected chi connectivity index (χ4v) is 0.446. The summed E-state index contributed by atoms with van der Waals surface area (Å²) >= 11 is 0. The van der Waals surface area contributed by atoms with Gasteiger partial charge in [-0.3, -0.25) is 0 Å². The smallest absolute Gasteiger partial charge is 0.0742 e. The highest BCUT2D eigenvalue weighted by molar-refractivity contribution is 4.78. The van der Waals surface area contributed by atoms with Crippen LogP contribution in [0.2, 0.25) is 0 Å². The molecule has 0 spiro atoms. The Labute approximate surface area is 49.5 Å². The molecule has 48 valence electrons. The van der Waals surface area contributed by atoms with E-state index in [1.54, 1.807) is 6.92 Å². The van der Waals surface area contributed by atoms with E-state index in [2.05, 4.69) is 6.58 Å². The standard InChI is InChI=1S/C6H12O2/c1-3-6(8)4-5(2)7/h3,5-8H,1,4H2,2H3/t5-,6+/m1/s1. The van der Waals surface area contributed by atoms with Crippen molar-refractivity contribution < 1.29 is 10.2 Å². The molecule has 0 unspecified atom stereocenters. The predicted molar refractivity (Wildman–Crippen MR) is 32.5 cm³/mol. The number of hydrogen-bond donors (Lipinski definition) is 2. The molecule has 0 aromatic heterocycles. The van der Waals surface area contributed by atoms with E-state index in [1.165, 1.54) is 6.08 Å². The van der Waals surface area contributed by atoms with Crippen LogP contribution in [0.25, 0.3) is 0 Å². The zero-order valence-corrected chi connectivity index (χ0v) is 5.04. The van der Waals surface area contributed by atoms with Gasteiger partial charge < -0.3 is 10.2 Å². The maximum atomic E-state index is 8.75. The van der Waals surface area contributed by atoms with Crippen molar-refractivity contribution in [1.82, 2.24) is 0 Å². The van der Waals surface area contributed by atoms with E-state index >= 15 is 0 Å². The summed E-state index contributed by atoms with van der Waals surface area (Å²) in [6.45, 7) is 4.98. The number of aliphatic hydroxyl groups excluding tert-OH is 2. The fourth-order valence-electron chi connectivity index (χ4n) is 0.446. The first-order chi connectivity index (χ1) is 3.66. The molecule has 0 saturated carbocycles. The van der Waals surface area contributed by atoms with Gasteiger partial charge in [0.25, 0.3) is 0 Å². The van der Waals surface area contributed by atoms with Gasteiger partial charge in [0.15, 0.2) is 0 Å². The van der Waals surface area contributed by atoms with Crippen LogP contribution in [0.3, 0.4) is 0 Å². The van der Waals surface area contributed by atoms with Gasteiger partial charge in [0.2, 0.25) is 0 Å². The van der Waals surface area contributed by atoms with Gasteiger partial charge in [-0.25, -0.2) is 0 Å². The number of aliphatic hydroxyl groups is 2. The summed E-state index contributed by atoms with van der Waals surface area (Å²) in [4.78, 5) is 0. The molecule has 0 fully saturated rings. The minimum absolute atomic E-state index is 0.378. The molecule has 0 heterocycles. The molecule has 0 aliphatic heterocycles. The van der Waals surface area contributed by atoms with Crippen molar-refractivity contribution in [3.05, 3.63) is 12.7 Å². The minimum Gasteiger partial charge on any atom is -0.393 e. The molecule has 2 nitrogen and oxygen atoms in total. The van der Waals surface area contributed by atoms with E-state index < -0.39 is 12.2 Å². The fraction of sp³-hybridized carbons (Fsp3) is 0.667. The third-order valence-corrected chi connectivity index (χ3v) is 0.855. The van der Waals surface area contributed by atoms with Gasteiger partial charge >= 0.3 is 0 Å². The van der Waals surface area contributed by atoms with Crippen molar-refractivity contribution in [2.45, 2.75) is 25.6 Å². The van der Waals surface area contributed by atoms with Crippen LogP contribution >= 0.6 is 0 Å². The van der Waals surface area contributed by atoms with Crippen LogP contribution in [-0.2, 0) is 0 Å². The Bertz CT molecular complexity index is 68.9. The van der Waals surface area contributed by atoms with Crippen molar-refractivity contribution >= 4 is 0 Å². The highest BCUT2D eigenvalue weighted by Crippen LogP contribution is 1.96. The second-order valence-electron chi connectivity index (χ2n) is 1.89. The molecule has 2 heteroatoms.